The molecule has 0 saturated carbocycles. The molecule has 2 aromatic rings. The number of carbonyl (C=O) groups excluding carboxylic acids is 1. The van der Waals surface area contributed by atoms with Gasteiger partial charge in [-0.2, -0.15) is 13.2 Å². The lowest BCUT2D eigenvalue weighted by atomic mass is 9.95. The smallest absolute Gasteiger partial charge is 0.356 e. The van der Waals surface area contributed by atoms with Crippen LogP contribution < -0.4 is 10.2 Å². The van der Waals surface area contributed by atoms with E-state index in [1.54, 1.807) is 0 Å². The summed E-state index contributed by atoms with van der Waals surface area (Å²) in [5.41, 5.74) is 1.15. The number of alkyl halides is 3. The van der Waals surface area contributed by atoms with E-state index in [1.807, 2.05) is 6.92 Å². The van der Waals surface area contributed by atoms with Gasteiger partial charge < -0.3 is 10.2 Å². The van der Waals surface area contributed by atoms with E-state index in [4.69, 9.17) is 0 Å². The summed E-state index contributed by atoms with van der Waals surface area (Å²) in [5.74, 6) is 1.09. The van der Waals surface area contributed by atoms with Crippen molar-refractivity contribution in [1.29, 1.82) is 0 Å². The summed E-state index contributed by atoms with van der Waals surface area (Å²) in [6, 6.07) is 4.76. The highest BCUT2D eigenvalue weighted by atomic mass is 19.4. The summed E-state index contributed by atoms with van der Waals surface area (Å²) in [5, 5.41) is 2.80. The molecule has 1 aromatic carbocycles. The second-order valence-corrected chi connectivity index (χ2v) is 8.00. The molecule has 0 unspecified atom stereocenters. The molecular formula is C22H25F3N4O. The van der Waals surface area contributed by atoms with E-state index in [2.05, 4.69) is 20.2 Å². The van der Waals surface area contributed by atoms with Gasteiger partial charge in [0, 0.05) is 30.4 Å². The fourth-order valence-corrected chi connectivity index (χ4v) is 4.38. The van der Waals surface area contributed by atoms with Crippen LogP contribution in [0.2, 0.25) is 0 Å². The van der Waals surface area contributed by atoms with Crippen LogP contribution in [-0.4, -0.2) is 35.0 Å². The highest BCUT2D eigenvalue weighted by Crippen LogP contribution is 2.32. The Bertz CT molecular complexity index is 936. The number of piperidine rings is 1. The SMILES string of the molecule is Cc1nc2c(c(N3CCC(NC(=O)c4ccccc4C(F)(F)F)CC3)n1)CCCC2. The quantitative estimate of drug-likeness (QED) is 0.816. The standard InChI is InChI=1S/C22H25F3N4O/c1-14-26-19-9-5-3-7-17(19)20(27-14)29-12-10-15(11-13-29)28-21(30)16-6-2-4-8-18(16)22(23,24)25/h2,4,6,8,15H,3,5,7,9-13H2,1H3,(H,28,30). The Kier molecular flexibility index (Phi) is 5.66. The minimum Gasteiger partial charge on any atom is -0.356 e. The minimum atomic E-state index is -4.55. The maximum absolute atomic E-state index is 13.2. The fourth-order valence-electron chi connectivity index (χ4n) is 4.38. The van der Waals surface area contributed by atoms with Crippen molar-refractivity contribution in [3.05, 3.63) is 52.5 Å². The van der Waals surface area contributed by atoms with E-state index in [0.29, 0.717) is 25.9 Å². The van der Waals surface area contributed by atoms with E-state index in [-0.39, 0.29) is 11.6 Å². The lowest BCUT2D eigenvalue weighted by molar-refractivity contribution is -0.137. The monoisotopic (exact) mass is 418 g/mol. The van der Waals surface area contributed by atoms with Crippen molar-refractivity contribution in [2.24, 2.45) is 0 Å². The number of fused-ring (bicyclic) bond motifs is 1. The molecule has 5 nitrogen and oxygen atoms in total. The van der Waals surface area contributed by atoms with Crippen molar-refractivity contribution in [2.75, 3.05) is 18.0 Å². The molecule has 1 aromatic heterocycles. The van der Waals surface area contributed by atoms with Gasteiger partial charge in [0.2, 0.25) is 0 Å². The van der Waals surface area contributed by atoms with Gasteiger partial charge in [-0.05, 0) is 57.6 Å². The number of aryl methyl sites for hydroxylation is 2. The zero-order chi connectivity index (χ0) is 21.3. The molecule has 0 atom stereocenters. The van der Waals surface area contributed by atoms with Gasteiger partial charge in [0.15, 0.2) is 0 Å². The van der Waals surface area contributed by atoms with Crippen molar-refractivity contribution in [3.8, 4) is 0 Å². The lowest BCUT2D eigenvalue weighted by Gasteiger charge is -2.35. The number of nitrogens with zero attached hydrogens (tertiary/aromatic N) is 3. The van der Waals surface area contributed by atoms with Gasteiger partial charge in [-0.3, -0.25) is 4.79 Å². The summed E-state index contributed by atoms with van der Waals surface area (Å²) in [7, 11) is 0. The first kappa shape index (κ1) is 20.6. The molecule has 1 saturated heterocycles. The maximum atomic E-state index is 13.2. The van der Waals surface area contributed by atoms with E-state index in [9.17, 15) is 18.0 Å². The van der Waals surface area contributed by atoms with Crippen molar-refractivity contribution in [3.63, 3.8) is 0 Å². The highest BCUT2D eigenvalue weighted by Gasteiger charge is 2.35. The average molecular weight is 418 g/mol. The molecule has 4 rings (SSSR count). The Labute approximate surface area is 173 Å². The van der Waals surface area contributed by atoms with Crippen LogP contribution in [-0.2, 0) is 19.0 Å². The summed E-state index contributed by atoms with van der Waals surface area (Å²) in [6.07, 6.45) is 1.03. The van der Waals surface area contributed by atoms with E-state index in [1.165, 1.54) is 23.8 Å². The molecule has 1 aliphatic carbocycles. The fraction of sp³-hybridized carbons (Fsp3) is 0.500. The van der Waals surface area contributed by atoms with Crippen LogP contribution in [0.4, 0.5) is 19.0 Å². The highest BCUT2D eigenvalue weighted by molar-refractivity contribution is 5.96. The van der Waals surface area contributed by atoms with E-state index >= 15 is 0 Å². The number of rotatable bonds is 3. The number of hydrogen-bond donors (Lipinski definition) is 1. The van der Waals surface area contributed by atoms with E-state index < -0.39 is 17.6 Å². The summed E-state index contributed by atoms with van der Waals surface area (Å²) < 4.78 is 39.6. The molecule has 30 heavy (non-hydrogen) atoms. The molecule has 8 heteroatoms. The molecule has 1 N–H and O–H groups in total. The Hall–Kier alpha value is -2.64. The van der Waals surface area contributed by atoms with Gasteiger partial charge in [-0.25, -0.2) is 9.97 Å². The van der Waals surface area contributed by atoms with Gasteiger partial charge in [0.1, 0.15) is 11.6 Å². The number of benzene rings is 1. The molecule has 0 bridgehead atoms. The van der Waals surface area contributed by atoms with Crippen molar-refractivity contribution < 1.29 is 18.0 Å². The molecule has 2 heterocycles. The summed E-state index contributed by atoms with van der Waals surface area (Å²) in [4.78, 5) is 24.0. The molecular weight excluding hydrogens is 393 g/mol. The lowest BCUT2D eigenvalue weighted by Crippen LogP contribution is -2.45. The van der Waals surface area contributed by atoms with Crippen LogP contribution in [0.25, 0.3) is 0 Å². The van der Waals surface area contributed by atoms with Gasteiger partial charge >= 0.3 is 6.18 Å². The van der Waals surface area contributed by atoms with Crippen LogP contribution in [0.5, 0.6) is 0 Å². The molecule has 1 fully saturated rings. The summed E-state index contributed by atoms with van der Waals surface area (Å²) >= 11 is 0. The van der Waals surface area contributed by atoms with Gasteiger partial charge in [0.25, 0.3) is 5.91 Å². The van der Waals surface area contributed by atoms with Gasteiger partial charge in [0.05, 0.1) is 11.1 Å². The molecule has 2 aliphatic rings. The third-order valence-corrected chi connectivity index (χ3v) is 5.88. The number of carbonyl (C=O) groups is 1. The zero-order valence-corrected chi connectivity index (χ0v) is 16.9. The van der Waals surface area contributed by atoms with Crippen LogP contribution in [0.15, 0.2) is 24.3 Å². The van der Waals surface area contributed by atoms with Crippen LogP contribution in [0.3, 0.4) is 0 Å². The van der Waals surface area contributed by atoms with Crippen molar-refractivity contribution in [1.82, 2.24) is 15.3 Å². The van der Waals surface area contributed by atoms with Crippen LogP contribution in [0.1, 0.15) is 58.7 Å². The normalized spacial score (nSPS) is 17.5. The molecule has 0 spiro atoms. The second kappa shape index (κ2) is 8.24. The molecule has 0 radical (unpaired) electrons. The van der Waals surface area contributed by atoms with E-state index in [0.717, 1.165) is 49.1 Å². The van der Waals surface area contributed by atoms with Crippen LogP contribution in [0, 0.1) is 6.92 Å². The minimum absolute atomic E-state index is 0.159. The Morgan fingerprint density at radius 3 is 2.53 bits per heavy atom. The predicted octanol–water partition coefficient (Wildman–Crippen LogP) is 4.08. The predicted molar refractivity (Wildman–Crippen MR) is 108 cm³/mol. The van der Waals surface area contributed by atoms with Crippen molar-refractivity contribution >= 4 is 11.7 Å². The number of amides is 1. The number of halogens is 3. The molecule has 1 aliphatic heterocycles. The van der Waals surface area contributed by atoms with Gasteiger partial charge in [-0.15, -0.1) is 0 Å². The second-order valence-electron chi connectivity index (χ2n) is 8.00. The number of aromatic nitrogens is 2. The first-order valence-electron chi connectivity index (χ1n) is 10.4. The van der Waals surface area contributed by atoms with Crippen molar-refractivity contribution in [2.45, 2.75) is 57.7 Å². The number of anilines is 1. The third kappa shape index (κ3) is 4.27. The number of hydrogen-bond acceptors (Lipinski definition) is 4. The third-order valence-electron chi connectivity index (χ3n) is 5.88. The Balaban J connectivity index is 1.43. The average Bonchev–Trinajstić information content (AvgIpc) is 2.73. The Morgan fingerprint density at radius 2 is 1.80 bits per heavy atom. The largest absolute Gasteiger partial charge is 0.417 e. The first-order valence-corrected chi connectivity index (χ1v) is 10.4. The first-order chi connectivity index (χ1) is 14.3. The van der Waals surface area contributed by atoms with Crippen LogP contribution >= 0.6 is 0 Å². The number of nitrogens with one attached hydrogen (secondary N) is 1. The van der Waals surface area contributed by atoms with Gasteiger partial charge in [-0.1, -0.05) is 12.1 Å². The molecule has 160 valence electrons. The molecule has 1 amide bonds. The topological polar surface area (TPSA) is 58.1 Å². The zero-order valence-electron chi connectivity index (χ0n) is 16.9. The summed E-state index contributed by atoms with van der Waals surface area (Å²) in [6.45, 7) is 3.31. The Morgan fingerprint density at radius 1 is 1.10 bits per heavy atom. The maximum Gasteiger partial charge on any atom is 0.417 e.